The number of halogens is 3. The van der Waals surface area contributed by atoms with Crippen molar-refractivity contribution < 1.29 is 27.5 Å². The van der Waals surface area contributed by atoms with Crippen LogP contribution in [-0.2, 0) is 16.0 Å². The monoisotopic (exact) mass is 449 g/mol. The molecule has 2 aromatic rings. The average Bonchev–Trinajstić information content (AvgIpc) is 2.73. The molecule has 1 atom stereocenters. The Morgan fingerprint density at radius 1 is 1.06 bits per heavy atom. The zero-order valence-corrected chi connectivity index (χ0v) is 18.0. The fraction of sp³-hybridized carbons (Fsp3) is 0.391. The summed E-state index contributed by atoms with van der Waals surface area (Å²) in [5, 5.41) is 2.60. The number of rotatable bonds is 7. The number of hydrogen-bond donors (Lipinski definition) is 1. The molecule has 0 saturated carbocycles. The second kappa shape index (κ2) is 10.0. The van der Waals surface area contributed by atoms with Crippen LogP contribution in [0.25, 0.3) is 0 Å². The lowest BCUT2D eigenvalue weighted by molar-refractivity contribution is -0.274. The minimum atomic E-state index is -4.77. The van der Waals surface area contributed by atoms with E-state index in [1.54, 1.807) is 23.9 Å². The number of ether oxygens (including phenoxy) is 1. The molecule has 0 fully saturated rings. The minimum Gasteiger partial charge on any atom is -0.406 e. The summed E-state index contributed by atoms with van der Waals surface area (Å²) < 4.78 is 40.5. The van der Waals surface area contributed by atoms with Crippen molar-refractivity contribution in [3.8, 4) is 5.75 Å². The molecule has 1 N–H and O–H groups in total. The molecule has 1 unspecified atom stereocenters. The summed E-state index contributed by atoms with van der Waals surface area (Å²) in [6.07, 6.45) is -1.84. The molecule has 0 aliphatic heterocycles. The number of nitrogens with one attached hydrogen (secondary N) is 1. The number of carbonyl (C=O) groups is 2. The van der Waals surface area contributed by atoms with Crippen LogP contribution in [0.4, 0.5) is 18.9 Å². The molecule has 0 bridgehead atoms. The van der Waals surface area contributed by atoms with Gasteiger partial charge in [0.05, 0.1) is 19.1 Å². The molecule has 0 aromatic heterocycles. The van der Waals surface area contributed by atoms with Gasteiger partial charge in [0.15, 0.2) is 0 Å². The largest absolute Gasteiger partial charge is 0.573 e. The molecule has 1 aliphatic carbocycles. The SMILES string of the molecule is CN(CC(=O)Nc1ccc(OC(F)(F)F)cc1)CC(=O)N(C)C1CCCc2ccccc21. The second-order valence-electron chi connectivity index (χ2n) is 7.90. The van der Waals surface area contributed by atoms with E-state index in [1.165, 1.54) is 23.3 Å². The van der Waals surface area contributed by atoms with Gasteiger partial charge in [-0.15, -0.1) is 13.2 Å². The normalized spacial score (nSPS) is 15.8. The summed E-state index contributed by atoms with van der Waals surface area (Å²) in [6, 6.07) is 13.0. The fourth-order valence-corrected chi connectivity index (χ4v) is 3.89. The lowest BCUT2D eigenvalue weighted by Gasteiger charge is -2.34. The number of anilines is 1. The van der Waals surface area contributed by atoms with Crippen molar-refractivity contribution in [1.29, 1.82) is 0 Å². The molecule has 172 valence electrons. The fourth-order valence-electron chi connectivity index (χ4n) is 3.89. The molecular formula is C23H26F3N3O3. The van der Waals surface area contributed by atoms with Gasteiger partial charge in [-0.2, -0.15) is 0 Å². The molecule has 0 saturated heterocycles. The van der Waals surface area contributed by atoms with Gasteiger partial charge >= 0.3 is 6.36 Å². The van der Waals surface area contributed by atoms with E-state index in [2.05, 4.69) is 22.2 Å². The summed E-state index contributed by atoms with van der Waals surface area (Å²) in [6.45, 7) is 0.0303. The maximum absolute atomic E-state index is 12.8. The Morgan fingerprint density at radius 3 is 2.44 bits per heavy atom. The molecule has 0 radical (unpaired) electrons. The van der Waals surface area contributed by atoms with E-state index < -0.39 is 6.36 Å². The molecule has 2 aromatic carbocycles. The van der Waals surface area contributed by atoms with E-state index in [0.29, 0.717) is 5.69 Å². The molecule has 3 rings (SSSR count). The number of amides is 2. The Labute approximate surface area is 184 Å². The van der Waals surface area contributed by atoms with Crippen molar-refractivity contribution in [2.24, 2.45) is 0 Å². The molecular weight excluding hydrogens is 423 g/mol. The van der Waals surface area contributed by atoms with Gasteiger partial charge in [0.1, 0.15) is 5.75 Å². The first kappa shape index (κ1) is 23.6. The Morgan fingerprint density at radius 2 is 1.75 bits per heavy atom. The highest BCUT2D eigenvalue weighted by atomic mass is 19.4. The van der Waals surface area contributed by atoms with Crippen LogP contribution >= 0.6 is 0 Å². The highest BCUT2D eigenvalue weighted by Crippen LogP contribution is 2.33. The molecule has 0 spiro atoms. The molecule has 0 heterocycles. The van der Waals surface area contributed by atoms with Crippen LogP contribution in [0.15, 0.2) is 48.5 Å². The number of fused-ring (bicyclic) bond motifs is 1. The van der Waals surface area contributed by atoms with Gasteiger partial charge < -0.3 is 15.0 Å². The Bertz CT molecular complexity index is 947. The van der Waals surface area contributed by atoms with Crippen LogP contribution in [0, 0.1) is 0 Å². The van der Waals surface area contributed by atoms with E-state index >= 15 is 0 Å². The van der Waals surface area contributed by atoms with Crippen LogP contribution in [0.1, 0.15) is 30.0 Å². The average molecular weight is 449 g/mol. The highest BCUT2D eigenvalue weighted by Gasteiger charge is 2.31. The Kier molecular flexibility index (Phi) is 7.40. The zero-order valence-electron chi connectivity index (χ0n) is 18.0. The van der Waals surface area contributed by atoms with Crippen molar-refractivity contribution in [2.45, 2.75) is 31.7 Å². The number of carbonyl (C=O) groups excluding carboxylic acids is 2. The predicted molar refractivity (Wildman–Crippen MR) is 114 cm³/mol. The van der Waals surface area contributed by atoms with Crippen LogP contribution in [-0.4, -0.2) is 55.2 Å². The third-order valence-electron chi connectivity index (χ3n) is 5.39. The van der Waals surface area contributed by atoms with E-state index in [9.17, 15) is 22.8 Å². The van der Waals surface area contributed by atoms with E-state index in [4.69, 9.17) is 0 Å². The second-order valence-corrected chi connectivity index (χ2v) is 7.90. The number of likely N-dealkylation sites (N-methyl/N-ethyl adjacent to an activating group) is 2. The van der Waals surface area contributed by atoms with Gasteiger partial charge in [0, 0.05) is 12.7 Å². The standard InChI is InChI=1S/C23H26F3N3O3/c1-28(14-21(30)27-17-10-12-18(13-11-17)32-23(24,25)26)15-22(31)29(2)20-9-5-7-16-6-3-4-8-19(16)20/h3-4,6,8,10-13,20H,5,7,9,14-15H2,1-2H3,(H,27,30). The maximum Gasteiger partial charge on any atom is 0.573 e. The first-order valence-corrected chi connectivity index (χ1v) is 10.3. The van der Waals surface area contributed by atoms with Gasteiger partial charge in [-0.05, 0) is 61.7 Å². The smallest absolute Gasteiger partial charge is 0.406 e. The summed E-state index contributed by atoms with van der Waals surface area (Å²) in [5.41, 5.74) is 2.77. The van der Waals surface area contributed by atoms with Gasteiger partial charge in [0.25, 0.3) is 0 Å². The van der Waals surface area contributed by atoms with Crippen molar-refractivity contribution in [1.82, 2.24) is 9.80 Å². The molecule has 2 amide bonds. The highest BCUT2D eigenvalue weighted by molar-refractivity contribution is 5.92. The van der Waals surface area contributed by atoms with Crippen molar-refractivity contribution in [3.05, 3.63) is 59.7 Å². The quantitative estimate of drug-likeness (QED) is 0.695. The first-order valence-electron chi connectivity index (χ1n) is 10.3. The van der Waals surface area contributed by atoms with Gasteiger partial charge in [-0.3, -0.25) is 14.5 Å². The third kappa shape index (κ3) is 6.46. The summed E-state index contributed by atoms with van der Waals surface area (Å²) in [4.78, 5) is 28.4. The molecule has 32 heavy (non-hydrogen) atoms. The van der Waals surface area contributed by atoms with Crippen molar-refractivity contribution in [2.75, 3.05) is 32.5 Å². The van der Waals surface area contributed by atoms with Crippen LogP contribution in [0.2, 0.25) is 0 Å². The Hall–Kier alpha value is -3.07. The van der Waals surface area contributed by atoms with Gasteiger partial charge in [-0.1, -0.05) is 24.3 Å². The Balaban J connectivity index is 1.50. The van der Waals surface area contributed by atoms with Crippen molar-refractivity contribution in [3.63, 3.8) is 0 Å². The maximum atomic E-state index is 12.8. The van der Waals surface area contributed by atoms with Gasteiger partial charge in [0.2, 0.25) is 11.8 Å². The number of alkyl halides is 3. The lowest BCUT2D eigenvalue weighted by atomic mass is 9.87. The zero-order chi connectivity index (χ0) is 23.3. The number of aryl methyl sites for hydroxylation is 1. The van der Waals surface area contributed by atoms with E-state index in [-0.39, 0.29) is 36.7 Å². The van der Waals surface area contributed by atoms with Gasteiger partial charge in [-0.25, -0.2) is 0 Å². The topological polar surface area (TPSA) is 61.9 Å². The lowest BCUT2D eigenvalue weighted by Crippen LogP contribution is -2.41. The van der Waals surface area contributed by atoms with E-state index in [1.807, 2.05) is 12.1 Å². The number of benzene rings is 2. The molecule has 1 aliphatic rings. The summed E-state index contributed by atoms with van der Waals surface area (Å²) >= 11 is 0. The minimum absolute atomic E-state index is 0.0205. The van der Waals surface area contributed by atoms with Crippen molar-refractivity contribution >= 4 is 17.5 Å². The predicted octanol–water partition coefficient (Wildman–Crippen LogP) is 3.99. The summed E-state index contributed by atoms with van der Waals surface area (Å²) in [5.74, 6) is -0.836. The van der Waals surface area contributed by atoms with Crippen LogP contribution in [0.3, 0.4) is 0 Å². The summed E-state index contributed by atoms with van der Waals surface area (Å²) in [7, 11) is 3.45. The number of hydrogen-bond acceptors (Lipinski definition) is 4. The third-order valence-corrected chi connectivity index (χ3v) is 5.39. The van der Waals surface area contributed by atoms with E-state index in [0.717, 1.165) is 31.4 Å². The molecule has 6 nitrogen and oxygen atoms in total. The number of nitrogens with zero attached hydrogens (tertiary/aromatic N) is 2. The first-order chi connectivity index (χ1) is 15.1. The van der Waals surface area contributed by atoms with Crippen LogP contribution in [0.5, 0.6) is 5.75 Å². The molecule has 9 heteroatoms. The van der Waals surface area contributed by atoms with Crippen LogP contribution < -0.4 is 10.1 Å².